The van der Waals surface area contributed by atoms with Crippen molar-refractivity contribution in [2.75, 3.05) is 32.8 Å². The van der Waals surface area contributed by atoms with Gasteiger partial charge in [0, 0.05) is 25.7 Å². The number of piperidine rings is 1. The van der Waals surface area contributed by atoms with Crippen molar-refractivity contribution in [1.82, 2.24) is 10.2 Å². The lowest BCUT2D eigenvalue weighted by molar-refractivity contribution is 0.110. The van der Waals surface area contributed by atoms with E-state index in [2.05, 4.69) is 17.1 Å². The zero-order valence-corrected chi connectivity index (χ0v) is 11.2. The predicted molar refractivity (Wildman–Crippen MR) is 71.1 cm³/mol. The fourth-order valence-electron chi connectivity index (χ4n) is 3.10. The van der Waals surface area contributed by atoms with Gasteiger partial charge in [0.2, 0.25) is 0 Å². The van der Waals surface area contributed by atoms with Crippen molar-refractivity contribution < 1.29 is 5.11 Å². The van der Waals surface area contributed by atoms with E-state index in [1.807, 2.05) is 0 Å². The average molecular weight is 240 g/mol. The zero-order valence-electron chi connectivity index (χ0n) is 11.2. The molecule has 17 heavy (non-hydrogen) atoms. The fraction of sp³-hybridized carbons (Fsp3) is 1.00. The van der Waals surface area contributed by atoms with Gasteiger partial charge in [0.25, 0.3) is 0 Å². The molecule has 2 atom stereocenters. The number of nitrogens with zero attached hydrogens (tertiary/aromatic N) is 1. The lowest BCUT2D eigenvalue weighted by Gasteiger charge is -2.39. The van der Waals surface area contributed by atoms with Crippen LogP contribution in [0.2, 0.25) is 0 Å². The quantitative estimate of drug-likeness (QED) is 0.738. The van der Waals surface area contributed by atoms with Gasteiger partial charge in [0.15, 0.2) is 0 Å². The third-order valence-electron chi connectivity index (χ3n) is 4.53. The lowest BCUT2D eigenvalue weighted by atomic mass is 9.85. The van der Waals surface area contributed by atoms with E-state index in [1.54, 1.807) is 0 Å². The van der Waals surface area contributed by atoms with Gasteiger partial charge < -0.3 is 10.4 Å². The minimum Gasteiger partial charge on any atom is -0.395 e. The van der Waals surface area contributed by atoms with Crippen molar-refractivity contribution in [2.45, 2.75) is 45.1 Å². The molecule has 1 heterocycles. The van der Waals surface area contributed by atoms with Gasteiger partial charge in [-0.05, 0) is 37.6 Å². The van der Waals surface area contributed by atoms with Gasteiger partial charge in [-0.25, -0.2) is 0 Å². The number of aliphatic hydroxyl groups is 1. The number of nitrogens with one attached hydrogen (secondary N) is 1. The van der Waals surface area contributed by atoms with Crippen molar-refractivity contribution in [1.29, 1.82) is 0 Å². The second-order valence-corrected chi connectivity index (χ2v) is 5.90. The van der Waals surface area contributed by atoms with E-state index < -0.39 is 0 Å². The molecule has 0 bridgehead atoms. The van der Waals surface area contributed by atoms with Gasteiger partial charge in [-0.1, -0.05) is 19.8 Å². The molecule has 100 valence electrons. The Labute approximate surface area is 106 Å². The molecule has 2 aliphatic rings. The monoisotopic (exact) mass is 240 g/mol. The van der Waals surface area contributed by atoms with Crippen LogP contribution in [0.4, 0.5) is 0 Å². The molecule has 2 rings (SSSR count). The van der Waals surface area contributed by atoms with Crippen LogP contribution in [-0.2, 0) is 0 Å². The largest absolute Gasteiger partial charge is 0.395 e. The number of rotatable bonds is 6. The summed E-state index contributed by atoms with van der Waals surface area (Å²) in [6.45, 7) is 6.95. The molecule has 0 aromatic rings. The first-order valence-electron chi connectivity index (χ1n) is 7.38. The van der Waals surface area contributed by atoms with Crippen molar-refractivity contribution in [3.63, 3.8) is 0 Å². The molecular weight excluding hydrogens is 212 g/mol. The molecule has 2 fully saturated rings. The van der Waals surface area contributed by atoms with Crippen LogP contribution in [0.5, 0.6) is 0 Å². The Balaban J connectivity index is 1.74. The van der Waals surface area contributed by atoms with Crippen LogP contribution >= 0.6 is 0 Å². The van der Waals surface area contributed by atoms with Gasteiger partial charge in [-0.3, -0.25) is 4.90 Å². The number of hydrogen-bond donors (Lipinski definition) is 2. The van der Waals surface area contributed by atoms with Crippen molar-refractivity contribution >= 4 is 0 Å². The molecule has 3 heteroatoms. The minimum absolute atomic E-state index is 0.297. The summed E-state index contributed by atoms with van der Waals surface area (Å²) in [6.07, 6.45) is 6.88. The third-order valence-corrected chi connectivity index (χ3v) is 4.53. The maximum absolute atomic E-state index is 9.07. The molecule has 1 aliphatic carbocycles. The first-order valence-corrected chi connectivity index (χ1v) is 7.38. The Kier molecular flexibility index (Phi) is 5.26. The SMILES string of the molecule is CCC1CC(NCC2CCC2)CN(CCO)C1. The number of β-amino-alcohol motifs (C(OH)–C–C–N with tert-alkyl or cyclic N) is 1. The molecule has 1 saturated heterocycles. The number of aliphatic hydroxyl groups excluding tert-OH is 1. The summed E-state index contributed by atoms with van der Waals surface area (Å²) < 4.78 is 0. The normalized spacial score (nSPS) is 31.4. The third kappa shape index (κ3) is 3.94. The Morgan fingerprint density at radius 2 is 2.06 bits per heavy atom. The highest BCUT2D eigenvalue weighted by Crippen LogP contribution is 2.26. The Bertz CT molecular complexity index is 218. The molecule has 0 aromatic carbocycles. The Morgan fingerprint density at radius 1 is 1.24 bits per heavy atom. The van der Waals surface area contributed by atoms with E-state index in [1.165, 1.54) is 45.2 Å². The Morgan fingerprint density at radius 3 is 2.65 bits per heavy atom. The summed E-state index contributed by atoms with van der Waals surface area (Å²) in [5, 5.41) is 12.8. The van der Waals surface area contributed by atoms with Crippen LogP contribution in [0, 0.1) is 11.8 Å². The summed E-state index contributed by atoms with van der Waals surface area (Å²) in [6, 6.07) is 0.654. The van der Waals surface area contributed by atoms with Crippen molar-refractivity contribution in [3.8, 4) is 0 Å². The molecule has 2 N–H and O–H groups in total. The topological polar surface area (TPSA) is 35.5 Å². The highest BCUT2D eigenvalue weighted by Gasteiger charge is 2.26. The molecule has 3 nitrogen and oxygen atoms in total. The van der Waals surface area contributed by atoms with E-state index in [4.69, 9.17) is 5.11 Å². The summed E-state index contributed by atoms with van der Waals surface area (Å²) in [5.41, 5.74) is 0. The maximum atomic E-state index is 9.07. The van der Waals surface area contributed by atoms with Gasteiger partial charge in [-0.2, -0.15) is 0 Å². The molecule has 1 aliphatic heterocycles. The molecule has 0 amide bonds. The summed E-state index contributed by atoms with van der Waals surface area (Å²) in [7, 11) is 0. The number of likely N-dealkylation sites (tertiary alicyclic amines) is 1. The van der Waals surface area contributed by atoms with E-state index in [0.717, 1.165) is 24.9 Å². The van der Waals surface area contributed by atoms with E-state index >= 15 is 0 Å². The van der Waals surface area contributed by atoms with Gasteiger partial charge >= 0.3 is 0 Å². The second-order valence-electron chi connectivity index (χ2n) is 5.90. The maximum Gasteiger partial charge on any atom is 0.0558 e. The van der Waals surface area contributed by atoms with Gasteiger partial charge in [0.1, 0.15) is 0 Å². The van der Waals surface area contributed by atoms with E-state index in [0.29, 0.717) is 12.6 Å². The Hall–Kier alpha value is -0.120. The molecule has 0 radical (unpaired) electrons. The second kappa shape index (κ2) is 6.72. The molecule has 2 unspecified atom stereocenters. The predicted octanol–water partition coefficient (Wildman–Crippen LogP) is 1.47. The van der Waals surface area contributed by atoms with Crippen molar-refractivity contribution in [3.05, 3.63) is 0 Å². The van der Waals surface area contributed by atoms with Gasteiger partial charge in [0.05, 0.1) is 6.61 Å². The summed E-state index contributed by atoms with van der Waals surface area (Å²) in [5.74, 6) is 1.76. The first kappa shape index (κ1) is 13.3. The standard InChI is InChI=1S/C14H28N2O/c1-2-12-8-14(11-16(10-12)6-7-17)15-9-13-4-3-5-13/h12-15,17H,2-11H2,1H3. The lowest BCUT2D eigenvalue weighted by Crippen LogP contribution is -2.51. The van der Waals surface area contributed by atoms with Crippen molar-refractivity contribution in [2.24, 2.45) is 11.8 Å². The molecule has 1 saturated carbocycles. The first-order chi connectivity index (χ1) is 8.31. The summed E-state index contributed by atoms with van der Waals surface area (Å²) >= 11 is 0. The summed E-state index contributed by atoms with van der Waals surface area (Å²) in [4.78, 5) is 2.43. The molecule has 0 spiro atoms. The van der Waals surface area contributed by atoms with Crippen LogP contribution in [0.3, 0.4) is 0 Å². The smallest absolute Gasteiger partial charge is 0.0558 e. The number of hydrogen-bond acceptors (Lipinski definition) is 3. The van der Waals surface area contributed by atoms with Crippen LogP contribution in [0.1, 0.15) is 39.0 Å². The average Bonchev–Trinajstić information content (AvgIpc) is 2.27. The van der Waals surface area contributed by atoms with E-state index in [9.17, 15) is 0 Å². The highest BCUT2D eigenvalue weighted by molar-refractivity contribution is 4.84. The zero-order chi connectivity index (χ0) is 12.1. The van der Waals surface area contributed by atoms with E-state index in [-0.39, 0.29) is 0 Å². The fourth-order valence-corrected chi connectivity index (χ4v) is 3.10. The van der Waals surface area contributed by atoms with Crippen LogP contribution < -0.4 is 5.32 Å². The molecule has 0 aromatic heterocycles. The van der Waals surface area contributed by atoms with Gasteiger partial charge in [-0.15, -0.1) is 0 Å². The van der Waals surface area contributed by atoms with Crippen LogP contribution in [0.15, 0.2) is 0 Å². The van der Waals surface area contributed by atoms with Crippen LogP contribution in [-0.4, -0.2) is 48.8 Å². The van der Waals surface area contributed by atoms with Crippen LogP contribution in [0.25, 0.3) is 0 Å². The minimum atomic E-state index is 0.297. The highest BCUT2D eigenvalue weighted by atomic mass is 16.3. The molecular formula is C14H28N2O.